The molecule has 2 N–H and O–H groups in total. The molecule has 0 aromatic carbocycles. The predicted octanol–water partition coefficient (Wildman–Crippen LogP) is 0.0555. The zero-order valence-electron chi connectivity index (χ0n) is 5.41. The third kappa shape index (κ3) is 41.0. The van der Waals surface area contributed by atoms with Crippen LogP contribution in [0, 0.1) is 11.3 Å². The van der Waals surface area contributed by atoms with E-state index in [4.69, 9.17) is 15.5 Å². The Hall–Kier alpha value is -0.850. The van der Waals surface area contributed by atoms with Crippen LogP contribution in [0.15, 0.2) is 12.7 Å². The van der Waals surface area contributed by atoms with Crippen LogP contribution in [0.4, 0.5) is 0 Å². The monoisotopic (exact) mass is 129 g/mol. The van der Waals surface area contributed by atoms with Gasteiger partial charge in [0.2, 0.25) is 0 Å². The molecule has 3 heteroatoms. The van der Waals surface area contributed by atoms with E-state index in [1.54, 1.807) is 6.07 Å². The molecule has 0 aliphatic carbocycles. The van der Waals surface area contributed by atoms with Gasteiger partial charge >= 0.3 is 0 Å². The average molecular weight is 129 g/mol. The highest BCUT2D eigenvalue weighted by Gasteiger charge is 1.83. The highest BCUT2D eigenvalue weighted by molar-refractivity contribution is 4.93. The van der Waals surface area contributed by atoms with Crippen molar-refractivity contribution in [1.29, 1.82) is 5.26 Å². The van der Waals surface area contributed by atoms with Crippen LogP contribution in [-0.2, 0) is 0 Å². The second-order valence-corrected chi connectivity index (χ2v) is 1.36. The van der Waals surface area contributed by atoms with Crippen LogP contribution in [0.3, 0.4) is 0 Å². The minimum atomic E-state index is -0.560. The molecular weight excluding hydrogens is 118 g/mol. The van der Waals surface area contributed by atoms with Crippen LogP contribution in [0.5, 0.6) is 0 Å². The SMILES string of the molecule is C=CC#N.CC(O)CO. The van der Waals surface area contributed by atoms with Gasteiger partial charge in [0.05, 0.1) is 18.8 Å². The van der Waals surface area contributed by atoms with E-state index in [2.05, 4.69) is 6.58 Å². The van der Waals surface area contributed by atoms with E-state index in [1.807, 2.05) is 0 Å². The second-order valence-electron chi connectivity index (χ2n) is 1.36. The Morgan fingerprint density at radius 1 is 1.89 bits per heavy atom. The summed E-state index contributed by atoms with van der Waals surface area (Å²) in [5.41, 5.74) is 0. The molecule has 0 radical (unpaired) electrons. The standard InChI is InChI=1S/C3H3N.C3H8O2/c1-2-3-4;1-3(5)2-4/h2H,1H2;3-5H,2H2,1H3. The van der Waals surface area contributed by atoms with E-state index in [9.17, 15) is 0 Å². The maximum absolute atomic E-state index is 8.11. The van der Waals surface area contributed by atoms with Crippen LogP contribution < -0.4 is 0 Å². The van der Waals surface area contributed by atoms with Gasteiger partial charge in [-0.3, -0.25) is 0 Å². The number of nitriles is 1. The third-order valence-corrected chi connectivity index (χ3v) is 0.356. The average Bonchev–Trinajstić information content (AvgIpc) is 1.89. The lowest BCUT2D eigenvalue weighted by Gasteiger charge is -1.90. The molecule has 0 aromatic heterocycles. The smallest absolute Gasteiger partial charge is 0.0905 e. The fraction of sp³-hybridized carbons (Fsp3) is 0.500. The number of aliphatic hydroxyl groups is 2. The number of rotatable bonds is 1. The Morgan fingerprint density at radius 2 is 2.11 bits per heavy atom. The largest absolute Gasteiger partial charge is 0.394 e. The van der Waals surface area contributed by atoms with Gasteiger partial charge in [-0.1, -0.05) is 6.58 Å². The van der Waals surface area contributed by atoms with Crippen molar-refractivity contribution in [3.8, 4) is 6.07 Å². The molecule has 0 aliphatic heterocycles. The summed E-state index contributed by atoms with van der Waals surface area (Å²) in [5, 5.41) is 23.5. The first-order valence-corrected chi connectivity index (χ1v) is 2.48. The number of allylic oxidation sites excluding steroid dienone is 1. The van der Waals surface area contributed by atoms with Gasteiger partial charge in [0.15, 0.2) is 0 Å². The number of aliphatic hydroxyl groups excluding tert-OH is 2. The van der Waals surface area contributed by atoms with Gasteiger partial charge in [-0.05, 0) is 6.92 Å². The molecule has 0 bridgehead atoms. The van der Waals surface area contributed by atoms with Crippen LogP contribution in [0.25, 0.3) is 0 Å². The third-order valence-electron chi connectivity index (χ3n) is 0.356. The van der Waals surface area contributed by atoms with Gasteiger partial charge in [0.1, 0.15) is 0 Å². The minimum absolute atomic E-state index is 0.139. The molecular formula is C6H11NO2. The zero-order valence-corrected chi connectivity index (χ0v) is 5.41. The molecule has 0 fully saturated rings. The van der Waals surface area contributed by atoms with Gasteiger partial charge in [-0.15, -0.1) is 0 Å². The first-order valence-electron chi connectivity index (χ1n) is 2.48. The lowest BCUT2D eigenvalue weighted by Crippen LogP contribution is -2.03. The van der Waals surface area contributed by atoms with Crippen LogP contribution in [0.2, 0.25) is 0 Å². The van der Waals surface area contributed by atoms with Crippen molar-refractivity contribution in [3.05, 3.63) is 12.7 Å². The maximum Gasteiger partial charge on any atom is 0.0905 e. The second kappa shape index (κ2) is 10.2. The Morgan fingerprint density at radius 3 is 2.11 bits per heavy atom. The summed E-state index contributed by atoms with van der Waals surface area (Å²) in [6.45, 7) is 4.51. The van der Waals surface area contributed by atoms with Gasteiger partial charge in [0.25, 0.3) is 0 Å². The highest BCUT2D eigenvalue weighted by Crippen LogP contribution is 1.68. The maximum atomic E-state index is 8.11. The summed E-state index contributed by atoms with van der Waals surface area (Å²) >= 11 is 0. The molecule has 0 aliphatic rings. The normalized spacial score (nSPS) is 10.0. The van der Waals surface area contributed by atoms with Crippen molar-refractivity contribution < 1.29 is 10.2 Å². The Labute approximate surface area is 54.9 Å². The summed E-state index contributed by atoms with van der Waals surface area (Å²) < 4.78 is 0. The van der Waals surface area contributed by atoms with Crippen molar-refractivity contribution in [2.75, 3.05) is 6.61 Å². The van der Waals surface area contributed by atoms with Crippen molar-refractivity contribution in [1.82, 2.24) is 0 Å². The van der Waals surface area contributed by atoms with Crippen LogP contribution >= 0.6 is 0 Å². The van der Waals surface area contributed by atoms with Crippen LogP contribution in [-0.4, -0.2) is 22.9 Å². The summed E-state index contributed by atoms with van der Waals surface area (Å²) in [6, 6.07) is 1.69. The summed E-state index contributed by atoms with van der Waals surface area (Å²) in [5.74, 6) is 0. The van der Waals surface area contributed by atoms with E-state index >= 15 is 0 Å². The molecule has 52 valence electrons. The number of hydrogen-bond acceptors (Lipinski definition) is 3. The van der Waals surface area contributed by atoms with Crippen molar-refractivity contribution in [3.63, 3.8) is 0 Å². The van der Waals surface area contributed by atoms with Crippen LogP contribution in [0.1, 0.15) is 6.92 Å². The molecule has 0 saturated carbocycles. The van der Waals surface area contributed by atoms with Gasteiger partial charge in [-0.2, -0.15) is 5.26 Å². The molecule has 0 heterocycles. The summed E-state index contributed by atoms with van der Waals surface area (Å²) in [4.78, 5) is 0. The van der Waals surface area contributed by atoms with E-state index < -0.39 is 6.10 Å². The fourth-order valence-electron chi connectivity index (χ4n) is 0. The topological polar surface area (TPSA) is 64.2 Å². The van der Waals surface area contributed by atoms with E-state index in [-0.39, 0.29) is 6.61 Å². The molecule has 1 unspecified atom stereocenters. The van der Waals surface area contributed by atoms with Crippen molar-refractivity contribution >= 4 is 0 Å². The minimum Gasteiger partial charge on any atom is -0.394 e. The fourth-order valence-corrected chi connectivity index (χ4v) is 0. The number of nitrogens with zero attached hydrogens (tertiary/aromatic N) is 1. The Balaban J connectivity index is 0. The van der Waals surface area contributed by atoms with E-state index in [1.165, 1.54) is 13.0 Å². The summed E-state index contributed by atoms with van der Waals surface area (Å²) in [6.07, 6.45) is 0.620. The number of hydrogen-bond donors (Lipinski definition) is 2. The molecule has 0 saturated heterocycles. The molecule has 0 rings (SSSR count). The summed E-state index contributed by atoms with van der Waals surface area (Å²) in [7, 11) is 0. The van der Waals surface area contributed by atoms with Crippen molar-refractivity contribution in [2.24, 2.45) is 0 Å². The molecule has 0 spiro atoms. The zero-order chi connectivity index (χ0) is 7.70. The van der Waals surface area contributed by atoms with Gasteiger partial charge in [-0.25, -0.2) is 0 Å². The first kappa shape index (κ1) is 11.0. The van der Waals surface area contributed by atoms with Gasteiger partial charge in [0, 0.05) is 6.08 Å². The predicted molar refractivity (Wildman–Crippen MR) is 34.6 cm³/mol. The van der Waals surface area contributed by atoms with Crippen molar-refractivity contribution in [2.45, 2.75) is 13.0 Å². The molecule has 3 nitrogen and oxygen atoms in total. The lowest BCUT2D eigenvalue weighted by atomic mass is 10.5. The lowest BCUT2D eigenvalue weighted by molar-refractivity contribution is 0.110. The van der Waals surface area contributed by atoms with Gasteiger partial charge < -0.3 is 10.2 Å². The van der Waals surface area contributed by atoms with E-state index in [0.29, 0.717) is 0 Å². The Bertz CT molecular complexity index is 93.7. The molecule has 0 amide bonds. The quantitative estimate of drug-likeness (QED) is 0.492. The first-order chi connectivity index (χ1) is 4.18. The Kier molecular flexibility index (Phi) is 12.5. The molecule has 0 aromatic rings. The van der Waals surface area contributed by atoms with E-state index in [0.717, 1.165) is 0 Å². The highest BCUT2D eigenvalue weighted by atomic mass is 16.3. The molecule has 9 heavy (non-hydrogen) atoms. The molecule has 1 atom stereocenters.